The van der Waals surface area contributed by atoms with Gasteiger partial charge in [-0.2, -0.15) is 0 Å². The van der Waals surface area contributed by atoms with Crippen LogP contribution in [0.15, 0.2) is 0 Å². The maximum Gasteiger partial charge on any atom is 0.220 e. The number of hydrogen-bond acceptors (Lipinski definition) is 2. The molecular weight excluding hydrogens is 164 g/mol. The van der Waals surface area contributed by atoms with E-state index in [0.717, 1.165) is 13.0 Å². The molecule has 1 heterocycles. The molecule has 2 unspecified atom stereocenters. The molecule has 2 atom stereocenters. The van der Waals surface area contributed by atoms with Crippen LogP contribution in [0.2, 0.25) is 0 Å². The van der Waals surface area contributed by atoms with Gasteiger partial charge in [0, 0.05) is 12.0 Å². The first-order valence-corrected chi connectivity index (χ1v) is 5.11. The van der Waals surface area contributed by atoms with Crippen molar-refractivity contribution in [2.75, 3.05) is 13.6 Å². The van der Waals surface area contributed by atoms with Crippen LogP contribution in [0.1, 0.15) is 32.6 Å². The fraction of sp³-hybridized carbons (Fsp3) is 0.900. The van der Waals surface area contributed by atoms with E-state index in [4.69, 9.17) is 5.73 Å². The van der Waals surface area contributed by atoms with Gasteiger partial charge in [0.05, 0.1) is 0 Å². The van der Waals surface area contributed by atoms with E-state index in [1.807, 2.05) is 6.92 Å². The standard InChI is InChI=1S/C10H20N2O/c1-8(10(11)13)7-9-5-3-4-6-12(9)2/h8-9H,3-7H2,1-2H3,(H2,11,13). The molecule has 1 aliphatic heterocycles. The number of nitrogens with zero attached hydrogens (tertiary/aromatic N) is 1. The third-order valence-electron chi connectivity index (χ3n) is 3.03. The Labute approximate surface area is 80.3 Å². The van der Waals surface area contributed by atoms with E-state index in [9.17, 15) is 4.79 Å². The van der Waals surface area contributed by atoms with Crippen molar-refractivity contribution in [3.05, 3.63) is 0 Å². The zero-order valence-electron chi connectivity index (χ0n) is 8.62. The molecule has 0 saturated carbocycles. The first kappa shape index (κ1) is 10.5. The fourth-order valence-electron chi connectivity index (χ4n) is 1.97. The summed E-state index contributed by atoms with van der Waals surface area (Å²) in [5.74, 6) is -0.149. The highest BCUT2D eigenvalue weighted by atomic mass is 16.1. The number of likely N-dealkylation sites (tertiary alicyclic amines) is 1. The fourth-order valence-corrected chi connectivity index (χ4v) is 1.97. The summed E-state index contributed by atoms with van der Waals surface area (Å²) in [7, 11) is 2.14. The van der Waals surface area contributed by atoms with Gasteiger partial charge in [-0.25, -0.2) is 0 Å². The normalized spacial score (nSPS) is 27.1. The van der Waals surface area contributed by atoms with Gasteiger partial charge in [-0.15, -0.1) is 0 Å². The molecular formula is C10H20N2O. The summed E-state index contributed by atoms with van der Waals surface area (Å²) in [5, 5.41) is 0. The topological polar surface area (TPSA) is 46.3 Å². The molecule has 0 aromatic carbocycles. The number of carbonyl (C=O) groups excluding carboxylic acids is 1. The molecule has 13 heavy (non-hydrogen) atoms. The average Bonchev–Trinajstić information content (AvgIpc) is 2.08. The maximum absolute atomic E-state index is 10.9. The molecule has 0 aromatic rings. The van der Waals surface area contributed by atoms with Gasteiger partial charge in [-0.05, 0) is 32.9 Å². The van der Waals surface area contributed by atoms with E-state index in [1.165, 1.54) is 19.3 Å². The van der Waals surface area contributed by atoms with Gasteiger partial charge in [-0.3, -0.25) is 4.79 Å². The van der Waals surface area contributed by atoms with Gasteiger partial charge in [-0.1, -0.05) is 13.3 Å². The highest BCUT2D eigenvalue weighted by Crippen LogP contribution is 2.20. The van der Waals surface area contributed by atoms with Crippen molar-refractivity contribution < 1.29 is 4.79 Å². The molecule has 1 saturated heterocycles. The molecule has 3 nitrogen and oxygen atoms in total. The summed E-state index contributed by atoms with van der Waals surface area (Å²) in [5.41, 5.74) is 5.24. The number of amides is 1. The van der Waals surface area contributed by atoms with Crippen LogP contribution in [-0.4, -0.2) is 30.4 Å². The van der Waals surface area contributed by atoms with Gasteiger partial charge < -0.3 is 10.6 Å². The van der Waals surface area contributed by atoms with Crippen molar-refractivity contribution in [3.63, 3.8) is 0 Å². The van der Waals surface area contributed by atoms with Crippen LogP contribution in [-0.2, 0) is 4.79 Å². The van der Waals surface area contributed by atoms with Gasteiger partial charge in [0.1, 0.15) is 0 Å². The Balaban J connectivity index is 2.37. The summed E-state index contributed by atoms with van der Waals surface area (Å²) < 4.78 is 0. The predicted molar refractivity (Wildman–Crippen MR) is 53.2 cm³/mol. The summed E-state index contributed by atoms with van der Waals surface area (Å²) >= 11 is 0. The molecule has 0 bridgehead atoms. The molecule has 1 rings (SSSR count). The van der Waals surface area contributed by atoms with Gasteiger partial charge in [0.25, 0.3) is 0 Å². The molecule has 3 heteroatoms. The van der Waals surface area contributed by atoms with Gasteiger partial charge in [0.2, 0.25) is 5.91 Å². The number of carbonyl (C=O) groups is 1. The lowest BCUT2D eigenvalue weighted by Gasteiger charge is -2.33. The molecule has 76 valence electrons. The first-order valence-electron chi connectivity index (χ1n) is 5.11. The first-order chi connectivity index (χ1) is 6.11. The highest BCUT2D eigenvalue weighted by Gasteiger charge is 2.22. The number of piperidine rings is 1. The molecule has 0 radical (unpaired) electrons. The van der Waals surface area contributed by atoms with Crippen molar-refractivity contribution in [2.45, 2.75) is 38.6 Å². The Hall–Kier alpha value is -0.570. The monoisotopic (exact) mass is 184 g/mol. The molecule has 0 spiro atoms. The van der Waals surface area contributed by atoms with Crippen molar-refractivity contribution in [1.82, 2.24) is 4.90 Å². The van der Waals surface area contributed by atoms with E-state index in [1.54, 1.807) is 0 Å². The van der Waals surface area contributed by atoms with Crippen LogP contribution >= 0.6 is 0 Å². The minimum absolute atomic E-state index is 0.0190. The van der Waals surface area contributed by atoms with E-state index in [2.05, 4.69) is 11.9 Å². The zero-order chi connectivity index (χ0) is 9.84. The van der Waals surface area contributed by atoms with Crippen LogP contribution in [0.3, 0.4) is 0 Å². The van der Waals surface area contributed by atoms with E-state index in [0.29, 0.717) is 6.04 Å². The molecule has 1 aliphatic rings. The third kappa shape index (κ3) is 2.99. The molecule has 2 N–H and O–H groups in total. The van der Waals surface area contributed by atoms with Crippen molar-refractivity contribution >= 4 is 5.91 Å². The summed E-state index contributed by atoms with van der Waals surface area (Å²) in [6, 6.07) is 0.566. The zero-order valence-corrected chi connectivity index (χ0v) is 8.62. The Morgan fingerprint density at radius 2 is 2.31 bits per heavy atom. The second-order valence-corrected chi connectivity index (χ2v) is 4.17. The lowest BCUT2D eigenvalue weighted by atomic mass is 9.93. The van der Waals surface area contributed by atoms with Crippen molar-refractivity contribution in [2.24, 2.45) is 11.7 Å². The second kappa shape index (κ2) is 4.61. The quantitative estimate of drug-likeness (QED) is 0.710. The average molecular weight is 184 g/mol. The van der Waals surface area contributed by atoms with Crippen LogP contribution in [0, 0.1) is 5.92 Å². The van der Waals surface area contributed by atoms with Crippen LogP contribution < -0.4 is 5.73 Å². The van der Waals surface area contributed by atoms with E-state index in [-0.39, 0.29) is 11.8 Å². The van der Waals surface area contributed by atoms with E-state index >= 15 is 0 Å². The largest absolute Gasteiger partial charge is 0.369 e. The molecule has 0 aliphatic carbocycles. The SMILES string of the molecule is CC(CC1CCCCN1C)C(N)=O. The summed E-state index contributed by atoms with van der Waals surface area (Å²) in [6.07, 6.45) is 4.72. The Morgan fingerprint density at radius 3 is 2.85 bits per heavy atom. The highest BCUT2D eigenvalue weighted by molar-refractivity contribution is 5.76. The Bertz CT molecular complexity index is 182. The minimum atomic E-state index is -0.168. The Kier molecular flexibility index (Phi) is 3.72. The molecule has 1 amide bonds. The lowest BCUT2D eigenvalue weighted by molar-refractivity contribution is -0.121. The van der Waals surface area contributed by atoms with Crippen molar-refractivity contribution in [1.29, 1.82) is 0 Å². The second-order valence-electron chi connectivity index (χ2n) is 4.17. The number of primary amides is 1. The molecule has 1 fully saturated rings. The van der Waals surface area contributed by atoms with Crippen LogP contribution in [0.4, 0.5) is 0 Å². The lowest BCUT2D eigenvalue weighted by Crippen LogP contribution is -2.39. The summed E-state index contributed by atoms with van der Waals surface area (Å²) in [6.45, 7) is 3.08. The van der Waals surface area contributed by atoms with Crippen molar-refractivity contribution in [3.8, 4) is 0 Å². The van der Waals surface area contributed by atoms with Crippen LogP contribution in [0.5, 0.6) is 0 Å². The maximum atomic E-state index is 10.9. The minimum Gasteiger partial charge on any atom is -0.369 e. The predicted octanol–water partition coefficient (Wildman–Crippen LogP) is 0.982. The van der Waals surface area contributed by atoms with E-state index < -0.39 is 0 Å². The number of nitrogens with two attached hydrogens (primary N) is 1. The van der Waals surface area contributed by atoms with Gasteiger partial charge in [0.15, 0.2) is 0 Å². The van der Waals surface area contributed by atoms with Gasteiger partial charge >= 0.3 is 0 Å². The number of hydrogen-bond donors (Lipinski definition) is 1. The third-order valence-corrected chi connectivity index (χ3v) is 3.03. The number of rotatable bonds is 3. The molecule has 0 aromatic heterocycles. The Morgan fingerprint density at radius 1 is 1.62 bits per heavy atom. The van der Waals surface area contributed by atoms with Crippen LogP contribution in [0.25, 0.3) is 0 Å². The smallest absolute Gasteiger partial charge is 0.220 e. The summed E-state index contributed by atoms with van der Waals surface area (Å²) in [4.78, 5) is 13.2.